The number of rotatable bonds is 5. The Morgan fingerprint density at radius 1 is 1.17 bits per heavy atom. The Hall–Kier alpha value is -3.15. The van der Waals surface area contributed by atoms with E-state index in [9.17, 15) is 4.79 Å². The Kier molecular flexibility index (Phi) is 5.42. The molecular weight excluding hydrogens is 455 g/mol. The summed E-state index contributed by atoms with van der Waals surface area (Å²) in [4.78, 5) is 24.9. The van der Waals surface area contributed by atoms with Crippen LogP contribution in [0.2, 0.25) is 0 Å². The van der Waals surface area contributed by atoms with Crippen molar-refractivity contribution in [1.82, 2.24) is 29.0 Å². The molecule has 0 saturated carbocycles. The molecule has 2 aliphatic heterocycles. The van der Waals surface area contributed by atoms with Gasteiger partial charge in [0.1, 0.15) is 35.0 Å². The normalized spacial score (nSPS) is 20.8. The average molecular weight is 483 g/mol. The van der Waals surface area contributed by atoms with E-state index >= 15 is 4.39 Å². The van der Waals surface area contributed by atoms with Crippen molar-refractivity contribution in [2.24, 2.45) is 0 Å². The number of morpholine rings is 1. The molecule has 6 rings (SSSR count). The van der Waals surface area contributed by atoms with Crippen LogP contribution in [0, 0.1) is 5.82 Å². The van der Waals surface area contributed by atoms with E-state index in [0.29, 0.717) is 43.4 Å². The van der Waals surface area contributed by atoms with Gasteiger partial charge in [-0.3, -0.25) is 14.1 Å². The Labute approximate surface area is 200 Å². The van der Waals surface area contributed by atoms with Gasteiger partial charge in [-0.25, -0.2) is 9.37 Å². The molecule has 2 aliphatic rings. The van der Waals surface area contributed by atoms with E-state index < -0.39 is 5.82 Å². The molecule has 10 nitrogen and oxygen atoms in total. The number of ether oxygens (including phenoxy) is 2. The first-order valence-corrected chi connectivity index (χ1v) is 11.9. The van der Waals surface area contributed by atoms with Crippen LogP contribution in [-0.4, -0.2) is 67.4 Å². The second-order valence-electron chi connectivity index (χ2n) is 9.69. The van der Waals surface area contributed by atoms with Crippen molar-refractivity contribution in [2.75, 3.05) is 32.8 Å². The van der Waals surface area contributed by atoms with Crippen molar-refractivity contribution in [3.8, 4) is 11.5 Å². The highest BCUT2D eigenvalue weighted by Crippen LogP contribution is 2.38. The fourth-order valence-electron chi connectivity index (χ4n) is 4.99. The molecule has 1 unspecified atom stereocenters. The predicted molar refractivity (Wildman–Crippen MR) is 125 cm³/mol. The lowest BCUT2D eigenvalue weighted by molar-refractivity contribution is -0.0292. The molecule has 35 heavy (non-hydrogen) atoms. The van der Waals surface area contributed by atoms with Crippen LogP contribution in [-0.2, 0) is 16.0 Å². The van der Waals surface area contributed by atoms with E-state index in [1.807, 2.05) is 13.8 Å². The molecule has 5 heterocycles. The summed E-state index contributed by atoms with van der Waals surface area (Å²) < 4.78 is 35.0. The summed E-state index contributed by atoms with van der Waals surface area (Å²) in [7, 11) is 0. The van der Waals surface area contributed by atoms with Gasteiger partial charge in [0.05, 0.1) is 24.3 Å². The molecule has 2 saturated heterocycles. The van der Waals surface area contributed by atoms with Crippen molar-refractivity contribution in [3.63, 3.8) is 0 Å². The summed E-state index contributed by atoms with van der Waals surface area (Å²) in [5.74, 6) is 0.121. The molecule has 184 valence electrons. The highest BCUT2D eigenvalue weighted by atomic mass is 19.1. The van der Waals surface area contributed by atoms with E-state index in [-0.39, 0.29) is 34.1 Å². The topological polar surface area (TPSA) is 99.9 Å². The standard InChI is InChI=1S/C24H27FN6O4/c1-24(2)7-6-17(34-24)22-27-21(28-35-22)18-20-23(32)30(9-8-29-10-12-33-13-11-29)19-15(25)4-3-5-16(19)31(20)14-26-18/h3-5,14,17H,6-13H2,1-2H3. The van der Waals surface area contributed by atoms with Crippen molar-refractivity contribution in [1.29, 1.82) is 0 Å². The van der Waals surface area contributed by atoms with Gasteiger partial charge in [0.15, 0.2) is 0 Å². The van der Waals surface area contributed by atoms with Crippen LogP contribution in [0.1, 0.15) is 38.7 Å². The third-order valence-electron chi connectivity index (χ3n) is 6.85. The highest BCUT2D eigenvalue weighted by Gasteiger charge is 2.36. The molecule has 1 atom stereocenters. The van der Waals surface area contributed by atoms with Gasteiger partial charge in [-0.05, 0) is 38.8 Å². The zero-order valence-electron chi connectivity index (χ0n) is 19.7. The summed E-state index contributed by atoms with van der Waals surface area (Å²) in [6.07, 6.45) is 2.87. The molecule has 0 bridgehead atoms. The number of hydrogen-bond donors (Lipinski definition) is 0. The Morgan fingerprint density at radius 2 is 2.00 bits per heavy atom. The third kappa shape index (κ3) is 3.93. The minimum Gasteiger partial charge on any atom is -0.379 e. The largest absolute Gasteiger partial charge is 0.379 e. The van der Waals surface area contributed by atoms with Crippen LogP contribution in [0.25, 0.3) is 28.1 Å². The summed E-state index contributed by atoms with van der Waals surface area (Å²) in [5, 5.41) is 4.10. The van der Waals surface area contributed by atoms with Gasteiger partial charge in [-0.15, -0.1) is 0 Å². The van der Waals surface area contributed by atoms with Gasteiger partial charge in [-0.2, -0.15) is 4.98 Å². The second-order valence-corrected chi connectivity index (χ2v) is 9.69. The maximum atomic E-state index is 15.0. The van der Waals surface area contributed by atoms with Crippen LogP contribution < -0.4 is 5.56 Å². The second kappa shape index (κ2) is 8.51. The minimum absolute atomic E-state index is 0.211. The van der Waals surface area contributed by atoms with E-state index in [4.69, 9.17) is 14.0 Å². The zero-order chi connectivity index (χ0) is 24.2. The quantitative estimate of drug-likeness (QED) is 0.428. The number of hydrogen-bond acceptors (Lipinski definition) is 8. The van der Waals surface area contributed by atoms with Crippen molar-refractivity contribution in [3.05, 3.63) is 46.6 Å². The SMILES string of the molecule is CC1(C)CCC(c2nc(-c3ncn4c3c(=O)n(CCN3CCOCC3)c3c(F)cccc34)no2)O1. The summed E-state index contributed by atoms with van der Waals surface area (Å²) in [5.41, 5.74) is 0.770. The van der Waals surface area contributed by atoms with Gasteiger partial charge in [0.2, 0.25) is 5.82 Å². The molecule has 3 aromatic heterocycles. The Bertz CT molecular complexity index is 1450. The summed E-state index contributed by atoms with van der Waals surface area (Å²) in [6, 6.07) is 4.77. The number of aromatic nitrogens is 5. The minimum atomic E-state index is -0.457. The summed E-state index contributed by atoms with van der Waals surface area (Å²) in [6.45, 7) is 7.85. The predicted octanol–water partition coefficient (Wildman–Crippen LogP) is 2.80. The maximum Gasteiger partial charge on any atom is 0.277 e. The van der Waals surface area contributed by atoms with Gasteiger partial charge in [0.25, 0.3) is 11.4 Å². The van der Waals surface area contributed by atoms with Gasteiger partial charge in [-0.1, -0.05) is 11.2 Å². The fraction of sp³-hybridized carbons (Fsp3) is 0.500. The molecule has 4 aromatic rings. The lowest BCUT2D eigenvalue weighted by atomic mass is 10.1. The molecule has 1 aromatic carbocycles. The fourth-order valence-corrected chi connectivity index (χ4v) is 4.99. The molecule has 0 N–H and O–H groups in total. The number of nitrogens with zero attached hydrogens (tertiary/aromatic N) is 6. The lowest BCUT2D eigenvalue weighted by Gasteiger charge is -2.27. The van der Waals surface area contributed by atoms with E-state index in [1.165, 1.54) is 17.0 Å². The number of para-hydroxylation sites is 1. The number of benzene rings is 1. The molecule has 2 fully saturated rings. The first-order valence-electron chi connectivity index (χ1n) is 11.9. The van der Waals surface area contributed by atoms with Gasteiger partial charge < -0.3 is 18.6 Å². The van der Waals surface area contributed by atoms with Gasteiger partial charge >= 0.3 is 0 Å². The van der Waals surface area contributed by atoms with Crippen LogP contribution >= 0.6 is 0 Å². The molecule has 0 spiro atoms. The van der Waals surface area contributed by atoms with Crippen molar-refractivity contribution >= 4 is 16.6 Å². The lowest BCUT2D eigenvalue weighted by Crippen LogP contribution is -2.39. The van der Waals surface area contributed by atoms with Crippen LogP contribution in [0.5, 0.6) is 0 Å². The third-order valence-corrected chi connectivity index (χ3v) is 6.85. The van der Waals surface area contributed by atoms with Gasteiger partial charge in [0, 0.05) is 26.2 Å². The Morgan fingerprint density at radius 3 is 2.77 bits per heavy atom. The molecule has 11 heteroatoms. The maximum absolute atomic E-state index is 15.0. The molecule has 0 amide bonds. The monoisotopic (exact) mass is 482 g/mol. The Balaban J connectivity index is 1.44. The molecular formula is C24H27FN6O4. The molecule has 0 aliphatic carbocycles. The highest BCUT2D eigenvalue weighted by molar-refractivity contribution is 5.84. The number of fused-ring (bicyclic) bond motifs is 3. The summed E-state index contributed by atoms with van der Waals surface area (Å²) >= 11 is 0. The number of imidazole rings is 1. The average Bonchev–Trinajstić information content (AvgIpc) is 3.58. The van der Waals surface area contributed by atoms with E-state index in [1.54, 1.807) is 16.5 Å². The first kappa shape index (κ1) is 22.3. The molecule has 0 radical (unpaired) electrons. The van der Waals surface area contributed by atoms with Crippen molar-refractivity contribution in [2.45, 2.75) is 44.9 Å². The van der Waals surface area contributed by atoms with Crippen molar-refractivity contribution < 1.29 is 18.4 Å². The van der Waals surface area contributed by atoms with Crippen LogP contribution in [0.3, 0.4) is 0 Å². The van der Waals surface area contributed by atoms with Crippen LogP contribution in [0.4, 0.5) is 4.39 Å². The zero-order valence-corrected chi connectivity index (χ0v) is 19.7. The van der Waals surface area contributed by atoms with E-state index in [0.717, 1.165) is 25.9 Å². The van der Waals surface area contributed by atoms with Crippen LogP contribution in [0.15, 0.2) is 33.8 Å². The number of halogens is 1. The smallest absolute Gasteiger partial charge is 0.277 e. The van der Waals surface area contributed by atoms with E-state index in [2.05, 4.69) is 20.0 Å². The first-order chi connectivity index (χ1) is 16.9.